The Morgan fingerprint density at radius 3 is 2.57 bits per heavy atom. The van der Waals surface area contributed by atoms with Gasteiger partial charge in [-0.1, -0.05) is 23.7 Å². The van der Waals surface area contributed by atoms with Crippen LogP contribution < -0.4 is 5.32 Å². The van der Waals surface area contributed by atoms with E-state index >= 15 is 0 Å². The Morgan fingerprint density at radius 2 is 1.95 bits per heavy atom. The molecule has 0 atom stereocenters. The van der Waals surface area contributed by atoms with Crippen LogP contribution in [0.15, 0.2) is 36.4 Å². The maximum absolute atomic E-state index is 12.2. The van der Waals surface area contributed by atoms with Gasteiger partial charge in [-0.05, 0) is 59.3 Å². The Hall–Kier alpha value is -1.60. The van der Waals surface area contributed by atoms with E-state index in [0.717, 1.165) is 3.57 Å². The van der Waals surface area contributed by atoms with Crippen molar-refractivity contribution in [3.63, 3.8) is 0 Å². The van der Waals surface area contributed by atoms with Crippen LogP contribution in [0.3, 0.4) is 0 Å². The molecule has 0 spiro atoms. The molecule has 0 saturated carbocycles. The SMILES string of the molecule is Cc1cccc(C(=O)O)c1NC(=O)c1ccc(I)c(Cl)c1. The average Bonchev–Trinajstić information content (AvgIpc) is 2.43. The van der Waals surface area contributed by atoms with E-state index in [9.17, 15) is 14.7 Å². The number of rotatable bonds is 3. The average molecular weight is 416 g/mol. The molecule has 0 unspecified atom stereocenters. The first-order valence-electron chi connectivity index (χ1n) is 5.99. The van der Waals surface area contributed by atoms with E-state index in [1.165, 1.54) is 6.07 Å². The first-order valence-corrected chi connectivity index (χ1v) is 7.45. The Balaban J connectivity index is 2.36. The van der Waals surface area contributed by atoms with Crippen LogP contribution in [0.5, 0.6) is 0 Å². The van der Waals surface area contributed by atoms with Crippen molar-refractivity contribution in [2.75, 3.05) is 5.32 Å². The summed E-state index contributed by atoms with van der Waals surface area (Å²) >= 11 is 8.06. The molecule has 2 aromatic carbocycles. The lowest BCUT2D eigenvalue weighted by atomic mass is 10.1. The quantitative estimate of drug-likeness (QED) is 0.738. The number of hydrogen-bond acceptors (Lipinski definition) is 2. The maximum Gasteiger partial charge on any atom is 0.337 e. The fourth-order valence-electron chi connectivity index (χ4n) is 1.83. The number of carbonyl (C=O) groups excluding carboxylic acids is 1. The molecule has 0 saturated heterocycles. The topological polar surface area (TPSA) is 66.4 Å². The van der Waals surface area contributed by atoms with Crippen LogP contribution in [-0.2, 0) is 0 Å². The van der Waals surface area contributed by atoms with Crippen LogP contribution >= 0.6 is 34.2 Å². The second-order valence-electron chi connectivity index (χ2n) is 4.39. The zero-order valence-electron chi connectivity index (χ0n) is 11.0. The van der Waals surface area contributed by atoms with Crippen LogP contribution in [0.4, 0.5) is 5.69 Å². The molecule has 0 aliphatic rings. The van der Waals surface area contributed by atoms with Gasteiger partial charge in [0.2, 0.25) is 0 Å². The summed E-state index contributed by atoms with van der Waals surface area (Å²) in [5.74, 6) is -1.49. The zero-order chi connectivity index (χ0) is 15.6. The summed E-state index contributed by atoms with van der Waals surface area (Å²) in [4.78, 5) is 23.5. The molecule has 0 aliphatic heterocycles. The van der Waals surface area contributed by atoms with Gasteiger partial charge in [0.25, 0.3) is 5.91 Å². The maximum atomic E-state index is 12.2. The number of halogens is 2. The molecule has 108 valence electrons. The summed E-state index contributed by atoms with van der Waals surface area (Å²) in [6, 6.07) is 9.75. The van der Waals surface area contributed by atoms with Crippen molar-refractivity contribution in [3.8, 4) is 0 Å². The molecular weight excluding hydrogens is 405 g/mol. The minimum absolute atomic E-state index is 0.0555. The van der Waals surface area contributed by atoms with Gasteiger partial charge in [-0.2, -0.15) is 0 Å². The van der Waals surface area contributed by atoms with Crippen molar-refractivity contribution in [3.05, 3.63) is 61.7 Å². The number of aryl methyl sites for hydroxylation is 1. The molecule has 0 bridgehead atoms. The molecule has 2 aromatic rings. The molecule has 21 heavy (non-hydrogen) atoms. The number of carbonyl (C=O) groups is 2. The molecule has 0 radical (unpaired) electrons. The van der Waals surface area contributed by atoms with Crippen LogP contribution in [-0.4, -0.2) is 17.0 Å². The largest absolute Gasteiger partial charge is 0.478 e. The number of carboxylic acid groups (broad SMARTS) is 1. The normalized spacial score (nSPS) is 10.2. The van der Waals surface area contributed by atoms with Crippen LogP contribution in [0, 0.1) is 10.5 Å². The number of para-hydroxylation sites is 1. The highest BCUT2D eigenvalue weighted by atomic mass is 127. The van der Waals surface area contributed by atoms with Crippen LogP contribution in [0.25, 0.3) is 0 Å². The first-order chi connectivity index (χ1) is 9.90. The Labute approximate surface area is 140 Å². The highest BCUT2D eigenvalue weighted by Crippen LogP contribution is 2.23. The van der Waals surface area contributed by atoms with Gasteiger partial charge < -0.3 is 10.4 Å². The van der Waals surface area contributed by atoms with E-state index in [0.29, 0.717) is 21.8 Å². The smallest absolute Gasteiger partial charge is 0.337 e. The van der Waals surface area contributed by atoms with Gasteiger partial charge in [-0.25, -0.2) is 4.79 Å². The van der Waals surface area contributed by atoms with Gasteiger partial charge in [0.1, 0.15) is 0 Å². The molecular formula is C15H11ClINO3. The van der Waals surface area contributed by atoms with Crippen molar-refractivity contribution in [2.24, 2.45) is 0 Å². The van der Waals surface area contributed by atoms with Gasteiger partial charge in [0.15, 0.2) is 0 Å². The van der Waals surface area contributed by atoms with Crippen LogP contribution in [0.1, 0.15) is 26.3 Å². The second-order valence-corrected chi connectivity index (χ2v) is 5.96. The number of benzene rings is 2. The number of amides is 1. The number of aromatic carboxylic acids is 1. The predicted molar refractivity (Wildman–Crippen MR) is 90.3 cm³/mol. The van der Waals surface area contributed by atoms with E-state index in [1.54, 1.807) is 37.3 Å². The number of carboxylic acids is 1. The molecule has 0 aliphatic carbocycles. The predicted octanol–water partition coefficient (Wildman–Crippen LogP) is 4.20. The summed E-state index contributed by atoms with van der Waals surface area (Å²) < 4.78 is 0.841. The van der Waals surface area contributed by atoms with Crippen LogP contribution in [0.2, 0.25) is 5.02 Å². The number of nitrogens with one attached hydrogen (secondary N) is 1. The van der Waals surface area contributed by atoms with Gasteiger partial charge in [-0.3, -0.25) is 4.79 Å². The standard InChI is InChI=1S/C15H11ClINO3/c1-8-3-2-4-10(15(20)21)13(8)18-14(19)9-5-6-12(17)11(16)7-9/h2-7H,1H3,(H,18,19)(H,20,21). The van der Waals surface area contributed by atoms with E-state index in [-0.39, 0.29) is 5.56 Å². The summed E-state index contributed by atoms with van der Waals surface area (Å²) in [5.41, 5.74) is 1.41. The fraction of sp³-hybridized carbons (Fsp3) is 0.0667. The van der Waals surface area contributed by atoms with Crippen molar-refractivity contribution < 1.29 is 14.7 Å². The highest BCUT2D eigenvalue weighted by Gasteiger charge is 2.16. The molecule has 1 amide bonds. The van der Waals surface area contributed by atoms with Crippen molar-refractivity contribution in [1.82, 2.24) is 0 Å². The number of anilines is 1. The summed E-state index contributed by atoms with van der Waals surface area (Å²) in [5, 5.41) is 12.3. The summed E-state index contributed by atoms with van der Waals surface area (Å²) in [6.45, 7) is 1.74. The molecule has 0 aromatic heterocycles. The second kappa shape index (κ2) is 6.44. The Bertz CT molecular complexity index is 731. The van der Waals surface area contributed by atoms with Gasteiger partial charge in [-0.15, -0.1) is 0 Å². The molecule has 0 fully saturated rings. The van der Waals surface area contributed by atoms with E-state index in [1.807, 2.05) is 0 Å². The van der Waals surface area contributed by atoms with E-state index < -0.39 is 11.9 Å². The molecule has 6 heteroatoms. The lowest BCUT2D eigenvalue weighted by Gasteiger charge is -2.12. The van der Waals surface area contributed by atoms with Crippen molar-refractivity contribution >= 4 is 51.8 Å². The molecule has 2 N–H and O–H groups in total. The van der Waals surface area contributed by atoms with E-state index in [2.05, 4.69) is 27.9 Å². The Kier molecular flexibility index (Phi) is 4.84. The fourth-order valence-corrected chi connectivity index (χ4v) is 2.35. The first kappa shape index (κ1) is 15.8. The zero-order valence-corrected chi connectivity index (χ0v) is 13.9. The monoisotopic (exact) mass is 415 g/mol. The summed E-state index contributed by atoms with van der Waals surface area (Å²) in [6.07, 6.45) is 0. The third kappa shape index (κ3) is 3.54. The van der Waals surface area contributed by atoms with Gasteiger partial charge in [0.05, 0.1) is 16.3 Å². The number of hydrogen-bond donors (Lipinski definition) is 2. The highest BCUT2D eigenvalue weighted by molar-refractivity contribution is 14.1. The third-order valence-corrected chi connectivity index (χ3v) is 4.50. The van der Waals surface area contributed by atoms with Gasteiger partial charge >= 0.3 is 5.97 Å². The molecule has 0 heterocycles. The van der Waals surface area contributed by atoms with Crippen molar-refractivity contribution in [2.45, 2.75) is 6.92 Å². The minimum atomic E-state index is -1.09. The Morgan fingerprint density at radius 1 is 1.24 bits per heavy atom. The lowest BCUT2D eigenvalue weighted by molar-refractivity contribution is 0.0698. The third-order valence-electron chi connectivity index (χ3n) is 2.92. The van der Waals surface area contributed by atoms with Gasteiger partial charge in [0, 0.05) is 9.13 Å². The minimum Gasteiger partial charge on any atom is -0.478 e. The molecule has 2 rings (SSSR count). The summed E-state index contributed by atoms with van der Waals surface area (Å²) in [7, 11) is 0. The van der Waals surface area contributed by atoms with Crippen molar-refractivity contribution in [1.29, 1.82) is 0 Å². The lowest BCUT2D eigenvalue weighted by Crippen LogP contribution is -2.16. The van der Waals surface area contributed by atoms with E-state index in [4.69, 9.17) is 11.6 Å². The molecule has 4 nitrogen and oxygen atoms in total.